The van der Waals surface area contributed by atoms with E-state index in [1.54, 1.807) is 0 Å². The van der Waals surface area contributed by atoms with Gasteiger partial charge in [-0.3, -0.25) is 4.79 Å². The third-order valence-corrected chi connectivity index (χ3v) is 2.07. The van der Waals surface area contributed by atoms with Crippen molar-refractivity contribution in [3.05, 3.63) is 71.8 Å². The fraction of sp³-hybridized carbons (Fsp3) is 0.0625. The minimum Gasteiger partial charge on any atom is -0.370 e. The van der Waals surface area contributed by atoms with Gasteiger partial charge in [0.05, 0.1) is 0 Å². The summed E-state index contributed by atoms with van der Waals surface area (Å²) in [5, 5.41) is 0. The molecule has 2 rings (SSSR count). The molecule has 0 bridgehead atoms. The topological polar surface area (TPSA) is 43.1 Å². The summed E-state index contributed by atoms with van der Waals surface area (Å²) < 4.78 is 0. The first-order chi connectivity index (χ1) is 8.68. The number of hydrogen-bond acceptors (Lipinski definition) is 1. The third-order valence-electron chi connectivity index (χ3n) is 2.07. The van der Waals surface area contributed by atoms with Gasteiger partial charge in [0.1, 0.15) is 0 Å². The highest BCUT2D eigenvalue weighted by molar-refractivity contribution is 5.70. The lowest BCUT2D eigenvalue weighted by Crippen LogP contribution is -2.01. The van der Waals surface area contributed by atoms with Gasteiger partial charge in [-0.05, 0) is 11.1 Å². The molecular formula is C16H17NO. The van der Waals surface area contributed by atoms with Crippen LogP contribution in [0.5, 0.6) is 0 Å². The fourth-order valence-corrected chi connectivity index (χ4v) is 1.32. The molecule has 2 aromatic rings. The molecule has 0 heterocycles. The van der Waals surface area contributed by atoms with Gasteiger partial charge in [0.25, 0.3) is 0 Å². The molecule has 0 atom stereocenters. The third kappa shape index (κ3) is 6.28. The number of benzene rings is 2. The van der Waals surface area contributed by atoms with Crippen LogP contribution in [0.15, 0.2) is 60.7 Å². The Morgan fingerprint density at radius 1 is 0.833 bits per heavy atom. The number of hydrogen-bond donors (Lipinski definition) is 1. The van der Waals surface area contributed by atoms with Crippen LogP contribution in [0.3, 0.4) is 0 Å². The van der Waals surface area contributed by atoms with Crippen molar-refractivity contribution >= 4 is 18.1 Å². The number of carbonyl (C=O) groups excluding carboxylic acids is 1. The first-order valence-electron chi connectivity index (χ1n) is 5.72. The first kappa shape index (κ1) is 13.7. The SMILES string of the molecule is C(=Cc1ccccc1)c1ccccc1.CC(N)=O. The van der Waals surface area contributed by atoms with E-state index in [0.29, 0.717) is 0 Å². The Kier molecular flexibility index (Phi) is 5.98. The molecule has 0 aliphatic heterocycles. The Morgan fingerprint density at radius 3 is 1.39 bits per heavy atom. The van der Waals surface area contributed by atoms with E-state index in [4.69, 9.17) is 0 Å². The zero-order valence-electron chi connectivity index (χ0n) is 10.4. The van der Waals surface area contributed by atoms with Crippen molar-refractivity contribution in [2.45, 2.75) is 6.92 Å². The molecule has 1 amide bonds. The van der Waals surface area contributed by atoms with Gasteiger partial charge in [-0.1, -0.05) is 72.8 Å². The van der Waals surface area contributed by atoms with Crippen LogP contribution >= 0.6 is 0 Å². The minimum atomic E-state index is -0.333. The Morgan fingerprint density at radius 2 is 1.11 bits per heavy atom. The number of primary amides is 1. The summed E-state index contributed by atoms with van der Waals surface area (Å²) in [5.74, 6) is -0.333. The van der Waals surface area contributed by atoms with E-state index in [9.17, 15) is 4.79 Å². The van der Waals surface area contributed by atoms with Gasteiger partial charge in [0, 0.05) is 6.92 Å². The zero-order valence-corrected chi connectivity index (χ0v) is 10.4. The van der Waals surface area contributed by atoms with E-state index in [2.05, 4.69) is 42.2 Å². The molecule has 0 aliphatic carbocycles. The minimum absolute atomic E-state index is 0.333. The lowest BCUT2D eigenvalue weighted by molar-refractivity contribution is -0.115. The van der Waals surface area contributed by atoms with Crippen molar-refractivity contribution in [3.63, 3.8) is 0 Å². The first-order valence-corrected chi connectivity index (χ1v) is 5.72. The van der Waals surface area contributed by atoms with E-state index in [-0.39, 0.29) is 5.91 Å². The Bertz CT molecular complexity index is 444. The molecule has 0 radical (unpaired) electrons. The van der Waals surface area contributed by atoms with Crippen LogP contribution in [0.1, 0.15) is 18.1 Å². The molecule has 92 valence electrons. The van der Waals surface area contributed by atoms with Crippen LogP contribution in [0.25, 0.3) is 12.2 Å². The van der Waals surface area contributed by atoms with Gasteiger partial charge in [0.2, 0.25) is 5.91 Å². The lowest BCUT2D eigenvalue weighted by Gasteiger charge is -1.92. The zero-order chi connectivity index (χ0) is 13.2. The maximum atomic E-state index is 9.22. The molecule has 0 fully saturated rings. The van der Waals surface area contributed by atoms with E-state index in [1.807, 2.05) is 36.4 Å². The molecule has 2 heteroatoms. The van der Waals surface area contributed by atoms with Crippen LogP contribution in [-0.2, 0) is 4.79 Å². The Labute approximate surface area is 108 Å². The molecule has 0 aliphatic rings. The monoisotopic (exact) mass is 239 g/mol. The summed E-state index contributed by atoms with van der Waals surface area (Å²) >= 11 is 0. The molecule has 0 spiro atoms. The van der Waals surface area contributed by atoms with Crippen molar-refractivity contribution in [2.75, 3.05) is 0 Å². The summed E-state index contributed by atoms with van der Waals surface area (Å²) in [6.45, 7) is 1.31. The highest BCUT2D eigenvalue weighted by Crippen LogP contribution is 2.06. The van der Waals surface area contributed by atoms with Gasteiger partial charge in [-0.2, -0.15) is 0 Å². The van der Waals surface area contributed by atoms with E-state index in [0.717, 1.165) is 0 Å². The Balaban J connectivity index is 0.000000357. The standard InChI is InChI=1S/C14H12.C2H5NO/c1-3-7-13(8-4-1)11-12-14-9-5-2-6-10-14;1-2(3)4/h1-12H;1H3,(H2,3,4). The number of carbonyl (C=O) groups is 1. The maximum absolute atomic E-state index is 9.22. The molecule has 2 aromatic carbocycles. The summed E-state index contributed by atoms with van der Waals surface area (Å²) in [7, 11) is 0. The Hall–Kier alpha value is -2.35. The van der Waals surface area contributed by atoms with Gasteiger partial charge in [-0.25, -0.2) is 0 Å². The van der Waals surface area contributed by atoms with Crippen LogP contribution in [0.2, 0.25) is 0 Å². The van der Waals surface area contributed by atoms with Gasteiger partial charge in [-0.15, -0.1) is 0 Å². The second kappa shape index (κ2) is 7.85. The molecule has 0 saturated heterocycles. The highest BCUT2D eigenvalue weighted by Gasteiger charge is 1.84. The smallest absolute Gasteiger partial charge is 0.214 e. The maximum Gasteiger partial charge on any atom is 0.214 e. The van der Waals surface area contributed by atoms with Crippen LogP contribution in [-0.4, -0.2) is 5.91 Å². The predicted molar refractivity (Wildman–Crippen MR) is 76.7 cm³/mol. The van der Waals surface area contributed by atoms with Gasteiger partial charge >= 0.3 is 0 Å². The number of amides is 1. The van der Waals surface area contributed by atoms with Crippen molar-refractivity contribution < 1.29 is 4.79 Å². The lowest BCUT2D eigenvalue weighted by atomic mass is 10.1. The molecule has 18 heavy (non-hydrogen) atoms. The van der Waals surface area contributed by atoms with E-state index in [1.165, 1.54) is 18.1 Å². The number of rotatable bonds is 2. The summed E-state index contributed by atoms with van der Waals surface area (Å²) in [6, 6.07) is 20.6. The van der Waals surface area contributed by atoms with Crippen LogP contribution in [0, 0.1) is 0 Å². The average molecular weight is 239 g/mol. The predicted octanol–water partition coefficient (Wildman–Crippen LogP) is 3.35. The normalized spacial score (nSPS) is 9.61. The summed E-state index contributed by atoms with van der Waals surface area (Å²) in [5.41, 5.74) is 6.94. The van der Waals surface area contributed by atoms with Gasteiger partial charge < -0.3 is 5.73 Å². The van der Waals surface area contributed by atoms with Crippen molar-refractivity contribution in [1.29, 1.82) is 0 Å². The molecule has 0 saturated carbocycles. The largest absolute Gasteiger partial charge is 0.370 e. The molecule has 2 nitrogen and oxygen atoms in total. The second-order valence-electron chi connectivity index (χ2n) is 3.77. The fourth-order valence-electron chi connectivity index (χ4n) is 1.32. The van der Waals surface area contributed by atoms with Crippen molar-refractivity contribution in [2.24, 2.45) is 5.73 Å². The van der Waals surface area contributed by atoms with Gasteiger partial charge in [0.15, 0.2) is 0 Å². The quantitative estimate of drug-likeness (QED) is 0.802. The summed E-state index contributed by atoms with van der Waals surface area (Å²) in [4.78, 5) is 9.22. The molecular weight excluding hydrogens is 222 g/mol. The van der Waals surface area contributed by atoms with Crippen LogP contribution in [0.4, 0.5) is 0 Å². The molecule has 0 aromatic heterocycles. The van der Waals surface area contributed by atoms with E-state index >= 15 is 0 Å². The second-order valence-corrected chi connectivity index (χ2v) is 3.77. The summed E-state index contributed by atoms with van der Waals surface area (Å²) in [6.07, 6.45) is 4.24. The van der Waals surface area contributed by atoms with Crippen molar-refractivity contribution in [1.82, 2.24) is 0 Å². The molecule has 0 unspecified atom stereocenters. The molecule has 2 N–H and O–H groups in total. The van der Waals surface area contributed by atoms with E-state index < -0.39 is 0 Å². The highest BCUT2D eigenvalue weighted by atomic mass is 16.1. The average Bonchev–Trinajstić information content (AvgIpc) is 2.38. The number of nitrogens with two attached hydrogens (primary N) is 1. The van der Waals surface area contributed by atoms with Crippen molar-refractivity contribution in [3.8, 4) is 0 Å². The van der Waals surface area contributed by atoms with Crippen LogP contribution < -0.4 is 5.73 Å².